The number of urea groups is 2. The zero-order chi connectivity index (χ0) is 16.1. The highest BCUT2D eigenvalue weighted by Gasteiger charge is 2.21. The molecule has 1 aromatic rings. The van der Waals surface area contributed by atoms with E-state index in [4.69, 9.17) is 0 Å². The molecule has 0 spiro atoms. The number of nitrogens with zero attached hydrogens (tertiary/aromatic N) is 2. The first-order valence-corrected chi connectivity index (χ1v) is 6.88. The zero-order valence-electron chi connectivity index (χ0n) is 12.5. The fourth-order valence-electron chi connectivity index (χ4n) is 1.96. The van der Waals surface area contributed by atoms with Gasteiger partial charge in [0.05, 0.1) is 6.54 Å². The van der Waals surface area contributed by atoms with Crippen molar-refractivity contribution in [3.63, 3.8) is 0 Å². The van der Waals surface area contributed by atoms with Crippen LogP contribution in [0.1, 0.15) is 0 Å². The minimum absolute atomic E-state index is 0.0763. The van der Waals surface area contributed by atoms with Crippen molar-refractivity contribution >= 4 is 29.3 Å². The molecule has 1 saturated heterocycles. The van der Waals surface area contributed by atoms with Gasteiger partial charge in [0.15, 0.2) is 0 Å². The molecular weight excluding hydrogens is 286 g/mol. The Hall–Kier alpha value is -2.77. The van der Waals surface area contributed by atoms with Gasteiger partial charge in [-0.1, -0.05) is 6.07 Å². The maximum Gasteiger partial charge on any atom is 0.321 e. The van der Waals surface area contributed by atoms with E-state index in [0.29, 0.717) is 24.5 Å². The highest BCUT2D eigenvalue weighted by atomic mass is 16.2. The van der Waals surface area contributed by atoms with Gasteiger partial charge in [0.1, 0.15) is 0 Å². The number of rotatable bonds is 4. The molecule has 0 aromatic heterocycles. The lowest BCUT2D eigenvalue weighted by Gasteiger charge is -2.16. The van der Waals surface area contributed by atoms with E-state index in [-0.39, 0.29) is 18.5 Å². The van der Waals surface area contributed by atoms with Crippen molar-refractivity contribution in [1.82, 2.24) is 15.5 Å². The quantitative estimate of drug-likeness (QED) is 0.753. The Labute approximate surface area is 128 Å². The molecule has 0 aliphatic carbocycles. The number of benzene rings is 1. The predicted octanol–water partition coefficient (Wildman–Crippen LogP) is 0.426. The van der Waals surface area contributed by atoms with E-state index in [1.807, 2.05) is 0 Å². The van der Waals surface area contributed by atoms with Gasteiger partial charge in [-0.05, 0) is 18.2 Å². The second kappa shape index (κ2) is 6.79. The highest BCUT2D eigenvalue weighted by Crippen LogP contribution is 2.20. The molecule has 1 aromatic carbocycles. The second-order valence-electron chi connectivity index (χ2n) is 5.03. The summed E-state index contributed by atoms with van der Waals surface area (Å²) in [7, 11) is 3.24. The van der Waals surface area contributed by atoms with Crippen LogP contribution in [0.25, 0.3) is 0 Å². The third-order valence-corrected chi connectivity index (χ3v) is 3.17. The lowest BCUT2D eigenvalue weighted by atomic mass is 10.2. The molecule has 1 aliphatic heterocycles. The number of nitrogens with one attached hydrogen (secondary N) is 3. The summed E-state index contributed by atoms with van der Waals surface area (Å²) in [5, 5.41) is 7.83. The fraction of sp³-hybridized carbons (Fsp3) is 0.357. The molecule has 5 amide bonds. The van der Waals surface area contributed by atoms with E-state index in [9.17, 15) is 14.4 Å². The van der Waals surface area contributed by atoms with Crippen LogP contribution in [-0.2, 0) is 4.79 Å². The third kappa shape index (κ3) is 3.87. The van der Waals surface area contributed by atoms with Crippen LogP contribution in [0.4, 0.5) is 21.0 Å². The van der Waals surface area contributed by atoms with Gasteiger partial charge in [-0.3, -0.25) is 9.69 Å². The summed E-state index contributed by atoms with van der Waals surface area (Å²) < 4.78 is 0. The molecular formula is C14H19N5O3. The molecule has 0 radical (unpaired) electrons. The molecule has 0 unspecified atom stereocenters. The minimum Gasteiger partial charge on any atom is -0.347 e. The first-order valence-electron chi connectivity index (χ1n) is 6.88. The molecule has 2 rings (SSSR count). The monoisotopic (exact) mass is 305 g/mol. The van der Waals surface area contributed by atoms with Crippen LogP contribution in [0.15, 0.2) is 24.3 Å². The Balaban J connectivity index is 1.94. The third-order valence-electron chi connectivity index (χ3n) is 3.17. The van der Waals surface area contributed by atoms with E-state index < -0.39 is 6.03 Å². The SMILES string of the molecule is CN(C)C(=O)CNC(=O)Nc1cccc(N2CCNC2=O)c1. The fourth-order valence-corrected chi connectivity index (χ4v) is 1.96. The normalized spacial score (nSPS) is 13.5. The second-order valence-corrected chi connectivity index (χ2v) is 5.03. The van der Waals surface area contributed by atoms with Crippen molar-refractivity contribution in [3.8, 4) is 0 Å². The zero-order valence-corrected chi connectivity index (χ0v) is 12.5. The molecule has 0 atom stereocenters. The number of hydrogen-bond donors (Lipinski definition) is 3. The lowest BCUT2D eigenvalue weighted by Crippen LogP contribution is -2.38. The lowest BCUT2D eigenvalue weighted by molar-refractivity contribution is -0.127. The first kappa shape index (κ1) is 15.6. The summed E-state index contributed by atoms with van der Waals surface area (Å²) in [6.45, 7) is 1.11. The number of anilines is 2. The molecule has 8 nitrogen and oxygen atoms in total. The summed E-state index contributed by atoms with van der Waals surface area (Å²) in [4.78, 5) is 37.8. The molecule has 118 valence electrons. The first-order chi connectivity index (χ1) is 10.5. The van der Waals surface area contributed by atoms with Crippen LogP contribution < -0.4 is 20.9 Å². The van der Waals surface area contributed by atoms with Crippen LogP contribution >= 0.6 is 0 Å². The van der Waals surface area contributed by atoms with E-state index in [0.717, 1.165) is 0 Å². The Bertz CT molecular complexity index is 588. The van der Waals surface area contributed by atoms with Crippen molar-refractivity contribution in [2.24, 2.45) is 0 Å². The van der Waals surface area contributed by atoms with Gasteiger partial charge in [0, 0.05) is 38.6 Å². The van der Waals surface area contributed by atoms with E-state index in [2.05, 4.69) is 16.0 Å². The van der Waals surface area contributed by atoms with Crippen molar-refractivity contribution in [3.05, 3.63) is 24.3 Å². The van der Waals surface area contributed by atoms with Gasteiger partial charge < -0.3 is 20.9 Å². The number of hydrogen-bond acceptors (Lipinski definition) is 3. The van der Waals surface area contributed by atoms with Crippen molar-refractivity contribution < 1.29 is 14.4 Å². The average molecular weight is 305 g/mol. The van der Waals surface area contributed by atoms with E-state index in [1.54, 1.807) is 43.3 Å². The van der Waals surface area contributed by atoms with Crippen LogP contribution in [0.3, 0.4) is 0 Å². The molecule has 22 heavy (non-hydrogen) atoms. The average Bonchev–Trinajstić information content (AvgIpc) is 2.91. The van der Waals surface area contributed by atoms with Crippen LogP contribution in [0.5, 0.6) is 0 Å². The summed E-state index contributed by atoms with van der Waals surface area (Å²) in [5.41, 5.74) is 1.25. The van der Waals surface area contributed by atoms with Gasteiger partial charge in [-0.2, -0.15) is 0 Å². The summed E-state index contributed by atoms with van der Waals surface area (Å²) >= 11 is 0. The summed E-state index contributed by atoms with van der Waals surface area (Å²) in [6, 6.07) is 6.34. The summed E-state index contributed by atoms with van der Waals surface area (Å²) in [6.07, 6.45) is 0. The van der Waals surface area contributed by atoms with Gasteiger partial charge in [-0.15, -0.1) is 0 Å². The number of amides is 5. The predicted molar refractivity (Wildman–Crippen MR) is 82.9 cm³/mol. The van der Waals surface area contributed by atoms with E-state index in [1.165, 1.54) is 4.90 Å². The molecule has 8 heteroatoms. The smallest absolute Gasteiger partial charge is 0.321 e. The van der Waals surface area contributed by atoms with Gasteiger partial charge in [0.2, 0.25) is 5.91 Å². The van der Waals surface area contributed by atoms with E-state index >= 15 is 0 Å². The van der Waals surface area contributed by atoms with Crippen molar-refractivity contribution in [2.75, 3.05) is 43.9 Å². The number of carbonyl (C=O) groups excluding carboxylic acids is 3. The largest absolute Gasteiger partial charge is 0.347 e. The standard InChI is InChI=1S/C14H19N5O3/c1-18(2)12(20)9-16-13(21)17-10-4-3-5-11(8-10)19-7-6-15-14(19)22/h3-5,8H,6-7,9H2,1-2H3,(H,15,22)(H2,16,17,21). The Kier molecular flexibility index (Phi) is 4.82. The van der Waals surface area contributed by atoms with Crippen molar-refractivity contribution in [2.45, 2.75) is 0 Å². The van der Waals surface area contributed by atoms with Gasteiger partial charge >= 0.3 is 12.1 Å². The minimum atomic E-state index is -0.474. The maximum absolute atomic E-state index is 11.8. The topological polar surface area (TPSA) is 93.8 Å². The Morgan fingerprint density at radius 1 is 1.36 bits per heavy atom. The maximum atomic E-state index is 11.8. The Morgan fingerprint density at radius 2 is 2.14 bits per heavy atom. The molecule has 0 saturated carbocycles. The van der Waals surface area contributed by atoms with Crippen LogP contribution in [0.2, 0.25) is 0 Å². The molecule has 0 bridgehead atoms. The summed E-state index contributed by atoms with van der Waals surface area (Å²) in [5.74, 6) is -0.197. The van der Waals surface area contributed by atoms with Gasteiger partial charge in [-0.25, -0.2) is 9.59 Å². The molecule has 3 N–H and O–H groups in total. The molecule has 1 heterocycles. The molecule has 1 aliphatic rings. The van der Waals surface area contributed by atoms with Gasteiger partial charge in [0.25, 0.3) is 0 Å². The number of likely N-dealkylation sites (N-methyl/N-ethyl adjacent to an activating group) is 1. The van der Waals surface area contributed by atoms with Crippen LogP contribution in [-0.4, -0.2) is 56.6 Å². The number of carbonyl (C=O) groups is 3. The molecule has 1 fully saturated rings. The van der Waals surface area contributed by atoms with Crippen LogP contribution in [0, 0.1) is 0 Å². The Morgan fingerprint density at radius 3 is 2.77 bits per heavy atom. The highest BCUT2D eigenvalue weighted by molar-refractivity contribution is 5.96. The van der Waals surface area contributed by atoms with Crippen molar-refractivity contribution in [1.29, 1.82) is 0 Å².